The van der Waals surface area contributed by atoms with Gasteiger partial charge in [0, 0.05) is 28.9 Å². The first-order valence-corrected chi connectivity index (χ1v) is 7.95. The first kappa shape index (κ1) is 13.1. The quantitative estimate of drug-likeness (QED) is 0.860. The van der Waals surface area contributed by atoms with Gasteiger partial charge in [-0.05, 0) is 44.8 Å². The fraction of sp³-hybridized carbons (Fsp3) is 0.643. The highest BCUT2D eigenvalue weighted by Crippen LogP contribution is 2.29. The molecule has 1 aliphatic carbocycles. The van der Waals surface area contributed by atoms with Crippen LogP contribution >= 0.6 is 11.3 Å². The zero-order valence-electron chi connectivity index (χ0n) is 11.1. The molecule has 2 aliphatic rings. The predicted octanol–water partition coefficient (Wildman–Crippen LogP) is 1.56. The molecule has 1 saturated carbocycles. The minimum atomic E-state index is -0.333. The Kier molecular flexibility index (Phi) is 3.86. The minimum absolute atomic E-state index is 0.333. The average molecular weight is 279 g/mol. The molecule has 3 N–H and O–H groups in total. The highest BCUT2D eigenvalue weighted by atomic mass is 32.1. The second-order valence-corrected chi connectivity index (χ2v) is 6.58. The summed E-state index contributed by atoms with van der Waals surface area (Å²) >= 11 is 1.61. The van der Waals surface area contributed by atoms with Crippen molar-refractivity contribution in [3.05, 3.63) is 21.9 Å². The standard InChI is InChI=1S/C14H21N3OS/c15-14(18)10-7-13(19-9-10)8-16-11-3-5-17(6-4-11)12-1-2-12/h7,9,11-12,16H,1-6,8H2,(H2,15,18). The molecule has 1 aromatic heterocycles. The molecule has 0 atom stereocenters. The normalized spacial score (nSPS) is 21.7. The third-order valence-electron chi connectivity index (χ3n) is 4.10. The number of hydrogen-bond acceptors (Lipinski definition) is 4. The third kappa shape index (κ3) is 3.35. The summed E-state index contributed by atoms with van der Waals surface area (Å²) in [4.78, 5) is 14.9. The van der Waals surface area contributed by atoms with Crippen molar-refractivity contribution in [3.63, 3.8) is 0 Å². The number of primary amides is 1. The minimum Gasteiger partial charge on any atom is -0.366 e. The van der Waals surface area contributed by atoms with Gasteiger partial charge in [0.25, 0.3) is 0 Å². The van der Waals surface area contributed by atoms with E-state index in [1.807, 2.05) is 11.4 Å². The largest absolute Gasteiger partial charge is 0.366 e. The Hall–Kier alpha value is -0.910. The average Bonchev–Trinajstić information content (AvgIpc) is 3.15. The number of carbonyl (C=O) groups is 1. The monoisotopic (exact) mass is 279 g/mol. The van der Waals surface area contributed by atoms with Crippen LogP contribution in [0.15, 0.2) is 11.4 Å². The molecule has 19 heavy (non-hydrogen) atoms. The Morgan fingerprint density at radius 2 is 2.11 bits per heavy atom. The van der Waals surface area contributed by atoms with Crippen molar-refractivity contribution < 1.29 is 4.79 Å². The summed E-state index contributed by atoms with van der Waals surface area (Å²) in [6, 6.07) is 3.42. The van der Waals surface area contributed by atoms with E-state index < -0.39 is 0 Å². The van der Waals surface area contributed by atoms with E-state index in [1.54, 1.807) is 11.3 Å². The van der Waals surface area contributed by atoms with E-state index in [2.05, 4.69) is 10.2 Å². The number of hydrogen-bond donors (Lipinski definition) is 2. The molecular formula is C14H21N3OS. The molecule has 0 bridgehead atoms. The molecule has 1 amide bonds. The number of nitrogens with zero attached hydrogens (tertiary/aromatic N) is 1. The Labute approximate surface area is 118 Å². The van der Waals surface area contributed by atoms with Crippen LogP contribution in [0.4, 0.5) is 0 Å². The molecule has 0 spiro atoms. The summed E-state index contributed by atoms with van der Waals surface area (Å²) in [7, 11) is 0. The summed E-state index contributed by atoms with van der Waals surface area (Å²) in [5, 5.41) is 5.44. The summed E-state index contributed by atoms with van der Waals surface area (Å²) in [5.74, 6) is -0.333. The van der Waals surface area contributed by atoms with Crippen LogP contribution in [-0.4, -0.2) is 36.0 Å². The molecule has 0 aromatic carbocycles. The molecule has 2 fully saturated rings. The molecule has 0 radical (unpaired) electrons. The second-order valence-electron chi connectivity index (χ2n) is 5.59. The zero-order valence-corrected chi connectivity index (χ0v) is 11.9. The maximum absolute atomic E-state index is 11.0. The molecule has 3 rings (SSSR count). The van der Waals surface area contributed by atoms with Crippen LogP contribution in [0.1, 0.15) is 40.9 Å². The lowest BCUT2D eigenvalue weighted by Crippen LogP contribution is -2.42. The van der Waals surface area contributed by atoms with Crippen molar-refractivity contribution in [1.29, 1.82) is 0 Å². The smallest absolute Gasteiger partial charge is 0.249 e. The van der Waals surface area contributed by atoms with E-state index in [9.17, 15) is 4.79 Å². The van der Waals surface area contributed by atoms with Crippen LogP contribution in [-0.2, 0) is 6.54 Å². The van der Waals surface area contributed by atoms with Gasteiger partial charge in [-0.3, -0.25) is 4.79 Å². The highest BCUT2D eigenvalue weighted by Gasteiger charge is 2.31. The lowest BCUT2D eigenvalue weighted by atomic mass is 10.0. The molecule has 4 nitrogen and oxygen atoms in total. The summed E-state index contributed by atoms with van der Waals surface area (Å²) in [5.41, 5.74) is 5.89. The molecule has 0 unspecified atom stereocenters. The first-order chi connectivity index (χ1) is 9.22. The number of carbonyl (C=O) groups excluding carboxylic acids is 1. The fourth-order valence-corrected chi connectivity index (χ4v) is 3.58. The molecule has 1 aliphatic heterocycles. The SMILES string of the molecule is NC(=O)c1csc(CNC2CCN(C3CC3)CC2)c1. The van der Waals surface area contributed by atoms with Gasteiger partial charge in [0.2, 0.25) is 5.91 Å². The number of nitrogens with two attached hydrogens (primary N) is 1. The topological polar surface area (TPSA) is 58.4 Å². The van der Waals surface area contributed by atoms with Crippen LogP contribution in [0.25, 0.3) is 0 Å². The predicted molar refractivity (Wildman–Crippen MR) is 77.3 cm³/mol. The van der Waals surface area contributed by atoms with E-state index >= 15 is 0 Å². The van der Waals surface area contributed by atoms with Gasteiger partial charge in [-0.15, -0.1) is 11.3 Å². The lowest BCUT2D eigenvalue weighted by Gasteiger charge is -2.32. The zero-order chi connectivity index (χ0) is 13.2. The maximum Gasteiger partial charge on any atom is 0.249 e. The Morgan fingerprint density at radius 1 is 1.37 bits per heavy atom. The van der Waals surface area contributed by atoms with Crippen molar-refractivity contribution in [2.24, 2.45) is 5.73 Å². The highest BCUT2D eigenvalue weighted by molar-refractivity contribution is 7.10. The van der Waals surface area contributed by atoms with Crippen LogP contribution in [0.2, 0.25) is 0 Å². The van der Waals surface area contributed by atoms with E-state index in [-0.39, 0.29) is 5.91 Å². The van der Waals surface area contributed by atoms with Gasteiger partial charge in [-0.2, -0.15) is 0 Å². The molecule has 1 aromatic rings. The van der Waals surface area contributed by atoms with Crippen molar-refractivity contribution in [2.45, 2.75) is 44.3 Å². The first-order valence-electron chi connectivity index (χ1n) is 7.07. The van der Waals surface area contributed by atoms with Gasteiger partial charge in [-0.25, -0.2) is 0 Å². The van der Waals surface area contributed by atoms with Crippen LogP contribution < -0.4 is 11.1 Å². The third-order valence-corrected chi connectivity index (χ3v) is 5.03. The van der Waals surface area contributed by atoms with E-state index in [1.165, 1.54) is 43.6 Å². The van der Waals surface area contributed by atoms with Crippen molar-refractivity contribution in [3.8, 4) is 0 Å². The Bertz CT molecular complexity index is 447. The summed E-state index contributed by atoms with van der Waals surface area (Å²) < 4.78 is 0. The number of rotatable bonds is 5. The summed E-state index contributed by atoms with van der Waals surface area (Å²) in [6.07, 6.45) is 5.29. The molecule has 5 heteroatoms. The van der Waals surface area contributed by atoms with E-state index in [0.29, 0.717) is 11.6 Å². The molecule has 104 valence electrons. The maximum atomic E-state index is 11.0. The van der Waals surface area contributed by atoms with Gasteiger partial charge in [0.15, 0.2) is 0 Å². The second kappa shape index (κ2) is 5.61. The van der Waals surface area contributed by atoms with Gasteiger partial charge in [0.05, 0.1) is 5.56 Å². The van der Waals surface area contributed by atoms with Crippen LogP contribution in [0, 0.1) is 0 Å². The van der Waals surface area contributed by atoms with Gasteiger partial charge >= 0.3 is 0 Å². The van der Waals surface area contributed by atoms with Crippen LogP contribution in [0.3, 0.4) is 0 Å². The van der Waals surface area contributed by atoms with E-state index in [4.69, 9.17) is 5.73 Å². The Balaban J connectivity index is 1.43. The number of thiophene rings is 1. The number of nitrogens with one attached hydrogen (secondary N) is 1. The van der Waals surface area contributed by atoms with Crippen molar-refractivity contribution in [1.82, 2.24) is 10.2 Å². The van der Waals surface area contributed by atoms with Crippen molar-refractivity contribution in [2.75, 3.05) is 13.1 Å². The number of piperidine rings is 1. The van der Waals surface area contributed by atoms with Gasteiger partial charge in [-0.1, -0.05) is 0 Å². The summed E-state index contributed by atoms with van der Waals surface area (Å²) in [6.45, 7) is 3.32. The fourth-order valence-electron chi connectivity index (χ4n) is 2.76. The van der Waals surface area contributed by atoms with Crippen LogP contribution in [0.5, 0.6) is 0 Å². The number of amides is 1. The van der Waals surface area contributed by atoms with E-state index in [0.717, 1.165) is 12.6 Å². The van der Waals surface area contributed by atoms with Gasteiger partial charge in [0.1, 0.15) is 0 Å². The number of likely N-dealkylation sites (tertiary alicyclic amines) is 1. The molecule has 2 heterocycles. The Morgan fingerprint density at radius 3 is 2.68 bits per heavy atom. The molecular weight excluding hydrogens is 258 g/mol. The van der Waals surface area contributed by atoms with Gasteiger partial charge < -0.3 is 16.0 Å². The molecule has 1 saturated heterocycles. The lowest BCUT2D eigenvalue weighted by molar-refractivity contribution is 0.100. The van der Waals surface area contributed by atoms with Crippen molar-refractivity contribution >= 4 is 17.2 Å².